The molecule has 4 rings (SSSR count). The Morgan fingerprint density at radius 2 is 0.493 bits per heavy atom. The van der Waals surface area contributed by atoms with Crippen LogP contribution in [0.25, 0.3) is 0 Å². The van der Waals surface area contributed by atoms with E-state index in [2.05, 4.69) is 27.7 Å². The first-order chi connectivity index (χ1) is 33.1. The smallest absolute Gasteiger partial charge is 0.765 e. The van der Waals surface area contributed by atoms with Crippen molar-refractivity contribution in [3.8, 4) is 11.5 Å². The van der Waals surface area contributed by atoms with Crippen molar-refractivity contribution in [3.63, 3.8) is 0 Å². The molecular formula is C60H92CoO6P2. The van der Waals surface area contributed by atoms with Crippen LogP contribution >= 0.6 is 15.2 Å². The van der Waals surface area contributed by atoms with Crippen LogP contribution in [0.3, 0.4) is 0 Å². The zero-order valence-corrected chi connectivity index (χ0v) is 46.4. The molecule has 1 radical (unpaired) electrons. The molecule has 0 bridgehead atoms. The van der Waals surface area contributed by atoms with Gasteiger partial charge in [0.05, 0.1) is 0 Å². The summed E-state index contributed by atoms with van der Waals surface area (Å²) < 4.78 is 36.2. The number of unbranched alkanes of at least 4 members (excludes halogenated alkanes) is 24. The van der Waals surface area contributed by atoms with E-state index in [0.717, 1.165) is 38.5 Å². The fourth-order valence-electron chi connectivity index (χ4n) is 8.65. The van der Waals surface area contributed by atoms with Crippen molar-refractivity contribution in [2.24, 2.45) is 0 Å². The molecular weight excluding hydrogens is 938 g/mol. The SMILES string of the molecule is CCCCCCCCCc1ccc(OP(=O)([O-])c2ccc(CCCCCCCCC)cc2)cc1.CCCCCCCCCc1ccc(OP(=O)([O-])c2ccc(CCCCCCCCC)cc2)cc1.[Co+2]. The second kappa shape index (κ2) is 39.0. The normalized spacial score (nSPS) is 12.8. The molecule has 0 saturated carbocycles. The van der Waals surface area contributed by atoms with Gasteiger partial charge in [-0.15, -0.1) is 0 Å². The Hall–Kier alpha value is -2.63. The summed E-state index contributed by atoms with van der Waals surface area (Å²) in [6, 6.07) is 29.4. The van der Waals surface area contributed by atoms with Gasteiger partial charge in [-0.2, -0.15) is 0 Å². The van der Waals surface area contributed by atoms with Crippen molar-refractivity contribution in [2.75, 3.05) is 0 Å². The van der Waals surface area contributed by atoms with Crippen molar-refractivity contribution < 1.29 is 44.7 Å². The molecule has 0 N–H and O–H groups in total. The van der Waals surface area contributed by atoms with Gasteiger partial charge in [0.25, 0.3) is 0 Å². The van der Waals surface area contributed by atoms with Crippen molar-refractivity contribution in [1.29, 1.82) is 0 Å². The van der Waals surface area contributed by atoms with Crippen LogP contribution in [0, 0.1) is 0 Å². The van der Waals surface area contributed by atoms with E-state index in [-0.39, 0.29) is 27.4 Å². The molecule has 2 unspecified atom stereocenters. The van der Waals surface area contributed by atoms with E-state index in [1.54, 1.807) is 48.5 Å². The van der Waals surface area contributed by atoms with Crippen LogP contribution in [0.15, 0.2) is 97.1 Å². The zero-order chi connectivity index (χ0) is 49.0. The maximum absolute atomic E-state index is 12.7. The predicted octanol–water partition coefficient (Wildman–Crippen LogP) is 17.1. The molecule has 0 saturated heterocycles. The summed E-state index contributed by atoms with van der Waals surface area (Å²) in [5.41, 5.74) is 4.84. The first-order valence-corrected chi connectivity index (χ1v) is 30.6. The minimum Gasteiger partial charge on any atom is -0.765 e. The molecule has 0 spiro atoms. The third kappa shape index (κ3) is 28.9. The summed E-state index contributed by atoms with van der Waals surface area (Å²) in [6.07, 6.45) is 40.1. The van der Waals surface area contributed by atoms with Gasteiger partial charge < -0.3 is 18.8 Å². The van der Waals surface area contributed by atoms with Crippen LogP contribution in [0.5, 0.6) is 11.5 Å². The van der Waals surface area contributed by atoms with Gasteiger partial charge in [0.15, 0.2) is 0 Å². The molecule has 0 aliphatic rings. The van der Waals surface area contributed by atoms with E-state index in [4.69, 9.17) is 9.05 Å². The average molecular weight is 1030 g/mol. The Balaban J connectivity index is 0.000000467. The fourth-order valence-corrected chi connectivity index (χ4v) is 10.7. The summed E-state index contributed by atoms with van der Waals surface area (Å²) in [5, 5.41) is 0.478. The Kier molecular flexibility index (Phi) is 35.3. The van der Waals surface area contributed by atoms with E-state index >= 15 is 0 Å². The van der Waals surface area contributed by atoms with Crippen LogP contribution in [0.4, 0.5) is 0 Å². The molecule has 387 valence electrons. The van der Waals surface area contributed by atoms with Gasteiger partial charge in [-0.3, -0.25) is 9.13 Å². The second-order valence-electron chi connectivity index (χ2n) is 19.3. The second-order valence-corrected chi connectivity index (χ2v) is 22.7. The topological polar surface area (TPSA) is 98.7 Å². The Bertz CT molecular complexity index is 1780. The molecule has 2 atom stereocenters. The number of hydrogen-bond donors (Lipinski definition) is 0. The zero-order valence-electron chi connectivity index (χ0n) is 43.5. The van der Waals surface area contributed by atoms with E-state index in [1.807, 2.05) is 48.5 Å². The molecule has 0 aliphatic heterocycles. The summed E-state index contributed by atoms with van der Waals surface area (Å²) >= 11 is 0. The van der Waals surface area contributed by atoms with Crippen molar-refractivity contribution >= 4 is 25.8 Å². The molecule has 4 aromatic carbocycles. The molecule has 0 aliphatic carbocycles. The fraction of sp³-hybridized carbons (Fsp3) is 0.600. The molecule has 0 amide bonds. The Morgan fingerprint density at radius 1 is 0.304 bits per heavy atom. The molecule has 69 heavy (non-hydrogen) atoms. The van der Waals surface area contributed by atoms with E-state index in [9.17, 15) is 18.9 Å². The van der Waals surface area contributed by atoms with Crippen molar-refractivity contribution in [2.45, 2.75) is 233 Å². The van der Waals surface area contributed by atoms with Gasteiger partial charge in [-0.25, -0.2) is 0 Å². The third-order valence-electron chi connectivity index (χ3n) is 13.1. The first kappa shape index (κ1) is 62.5. The predicted molar refractivity (Wildman–Crippen MR) is 288 cm³/mol. The van der Waals surface area contributed by atoms with Crippen LogP contribution in [0.1, 0.15) is 230 Å². The molecule has 0 fully saturated rings. The van der Waals surface area contributed by atoms with Gasteiger partial charge >= 0.3 is 16.8 Å². The summed E-state index contributed by atoms with van der Waals surface area (Å²) in [5.74, 6) is 0.766. The van der Waals surface area contributed by atoms with Crippen LogP contribution in [-0.4, -0.2) is 0 Å². The standard InChI is InChI=1S/2C30H47O3P.Co/c2*1-3-5-7-9-11-13-15-17-27-19-23-29(24-20-27)33-34(31,32)30-25-21-28(22-26-30)18-16-14-12-10-8-6-4-2;/h2*19-26H,3-18H2,1-2H3,(H,31,32);/q;;+2/p-2. The van der Waals surface area contributed by atoms with Crippen LogP contribution in [0.2, 0.25) is 0 Å². The molecule has 0 aromatic heterocycles. The summed E-state index contributed by atoms with van der Waals surface area (Å²) in [4.78, 5) is 25.4. The van der Waals surface area contributed by atoms with E-state index in [0.29, 0.717) is 11.5 Å². The summed E-state index contributed by atoms with van der Waals surface area (Å²) in [7, 11) is -8.28. The third-order valence-corrected chi connectivity index (χ3v) is 15.8. The average Bonchev–Trinajstić information content (AvgIpc) is 3.34. The van der Waals surface area contributed by atoms with Gasteiger partial charge in [-0.05, 0) is 122 Å². The van der Waals surface area contributed by atoms with Gasteiger partial charge in [0.2, 0.25) is 15.2 Å². The van der Waals surface area contributed by atoms with Crippen LogP contribution in [-0.2, 0) is 51.6 Å². The van der Waals surface area contributed by atoms with Crippen molar-refractivity contribution in [3.05, 3.63) is 119 Å². The number of benzene rings is 4. The molecule has 4 aromatic rings. The first-order valence-electron chi connectivity index (χ1n) is 27.5. The maximum Gasteiger partial charge on any atom is 2.00 e. The summed E-state index contributed by atoms with van der Waals surface area (Å²) in [6.45, 7) is 8.97. The number of hydrogen-bond acceptors (Lipinski definition) is 6. The molecule has 6 nitrogen and oxygen atoms in total. The quantitative estimate of drug-likeness (QED) is 0.0328. The Morgan fingerprint density at radius 3 is 0.710 bits per heavy atom. The van der Waals surface area contributed by atoms with E-state index in [1.165, 1.54) is 189 Å². The monoisotopic (exact) mass is 1030 g/mol. The maximum atomic E-state index is 12.7. The number of rotatable bonds is 38. The Labute approximate surface area is 432 Å². The molecule has 9 heteroatoms. The van der Waals surface area contributed by atoms with E-state index < -0.39 is 15.2 Å². The minimum absolute atomic E-state index is 0. The minimum atomic E-state index is -4.14. The molecule has 0 heterocycles. The number of aryl methyl sites for hydroxylation is 4. The van der Waals surface area contributed by atoms with Crippen LogP contribution < -0.4 is 29.4 Å². The van der Waals surface area contributed by atoms with Gasteiger partial charge in [0.1, 0.15) is 11.5 Å². The largest absolute Gasteiger partial charge is 2.00 e. The van der Waals surface area contributed by atoms with Gasteiger partial charge in [0, 0.05) is 10.6 Å². The van der Waals surface area contributed by atoms with Gasteiger partial charge in [-0.1, -0.05) is 230 Å². The van der Waals surface area contributed by atoms with Crippen molar-refractivity contribution in [1.82, 2.24) is 0 Å².